The first-order chi connectivity index (χ1) is 8.00. The summed E-state index contributed by atoms with van der Waals surface area (Å²) in [6, 6.07) is 0. The minimum absolute atomic E-state index is 0.0850. The number of halogens is 4. The van der Waals surface area contributed by atoms with Gasteiger partial charge in [-0.05, 0) is 20.8 Å². The highest BCUT2D eigenvalue weighted by Gasteiger charge is 2.35. The summed E-state index contributed by atoms with van der Waals surface area (Å²) < 4.78 is 42.3. The van der Waals surface area contributed by atoms with Crippen molar-refractivity contribution in [1.82, 2.24) is 0 Å². The SMILES string of the molecule is CC(C)(C)OC(=O)Nc1scc(C(F)(F)F)c1Cl. The molecule has 0 bridgehead atoms. The third-order valence-electron chi connectivity index (χ3n) is 1.65. The Morgan fingerprint density at radius 1 is 1.39 bits per heavy atom. The van der Waals surface area contributed by atoms with E-state index in [1.165, 1.54) is 0 Å². The lowest BCUT2D eigenvalue weighted by Crippen LogP contribution is -2.27. The molecule has 0 aromatic carbocycles. The predicted molar refractivity (Wildman–Crippen MR) is 64.2 cm³/mol. The number of hydrogen-bond donors (Lipinski definition) is 1. The monoisotopic (exact) mass is 301 g/mol. The molecule has 0 fully saturated rings. The second-order valence-corrected chi connectivity index (χ2v) is 5.67. The summed E-state index contributed by atoms with van der Waals surface area (Å²) in [4.78, 5) is 11.4. The molecule has 0 atom stereocenters. The first kappa shape index (κ1) is 15.1. The molecule has 1 aromatic heterocycles. The minimum Gasteiger partial charge on any atom is -0.444 e. The summed E-state index contributed by atoms with van der Waals surface area (Å²) in [5.41, 5.74) is -1.71. The molecular formula is C10H11ClF3NO2S. The van der Waals surface area contributed by atoms with Crippen molar-refractivity contribution >= 4 is 34.0 Å². The van der Waals surface area contributed by atoms with Crippen LogP contribution in [0.15, 0.2) is 5.38 Å². The second-order valence-electron chi connectivity index (χ2n) is 4.42. The van der Waals surface area contributed by atoms with E-state index in [0.29, 0.717) is 11.3 Å². The number of anilines is 1. The molecule has 0 aliphatic heterocycles. The van der Waals surface area contributed by atoms with Crippen molar-refractivity contribution in [1.29, 1.82) is 0 Å². The Bertz CT molecular complexity index is 451. The van der Waals surface area contributed by atoms with Gasteiger partial charge in [-0.3, -0.25) is 5.32 Å². The van der Waals surface area contributed by atoms with Gasteiger partial charge in [-0.1, -0.05) is 11.6 Å². The fraction of sp³-hybridized carbons (Fsp3) is 0.500. The highest BCUT2D eigenvalue weighted by atomic mass is 35.5. The fourth-order valence-electron chi connectivity index (χ4n) is 1.02. The predicted octanol–water partition coefficient (Wildman–Crippen LogP) is 4.77. The van der Waals surface area contributed by atoms with Crippen LogP contribution in [0.4, 0.5) is 23.0 Å². The van der Waals surface area contributed by atoms with Crippen LogP contribution in [-0.2, 0) is 10.9 Å². The summed E-state index contributed by atoms with van der Waals surface area (Å²) in [5, 5.41) is 2.41. The van der Waals surface area contributed by atoms with E-state index in [1.54, 1.807) is 20.8 Å². The Hall–Kier alpha value is -0.950. The van der Waals surface area contributed by atoms with Crippen LogP contribution in [0, 0.1) is 0 Å². The van der Waals surface area contributed by atoms with Crippen molar-refractivity contribution in [2.75, 3.05) is 5.32 Å². The summed E-state index contributed by atoms with van der Waals surface area (Å²) in [6.45, 7) is 4.93. The van der Waals surface area contributed by atoms with Gasteiger partial charge in [0.2, 0.25) is 0 Å². The molecule has 8 heteroatoms. The van der Waals surface area contributed by atoms with E-state index in [9.17, 15) is 18.0 Å². The Kier molecular flexibility index (Phi) is 4.17. The average Bonchev–Trinajstić information content (AvgIpc) is 2.43. The molecule has 1 heterocycles. The van der Waals surface area contributed by atoms with Crippen LogP contribution >= 0.6 is 22.9 Å². The van der Waals surface area contributed by atoms with Crippen molar-refractivity contribution in [3.8, 4) is 0 Å². The van der Waals surface area contributed by atoms with Crippen LogP contribution in [0.1, 0.15) is 26.3 Å². The van der Waals surface area contributed by atoms with Gasteiger partial charge in [0.15, 0.2) is 0 Å². The molecule has 1 amide bonds. The summed E-state index contributed by atoms with van der Waals surface area (Å²) in [7, 11) is 0. The molecule has 0 aliphatic carbocycles. The van der Waals surface area contributed by atoms with Crippen molar-refractivity contribution < 1.29 is 22.7 Å². The van der Waals surface area contributed by atoms with Crippen molar-refractivity contribution in [3.05, 3.63) is 16.0 Å². The molecule has 0 saturated carbocycles. The molecular weight excluding hydrogens is 291 g/mol. The zero-order valence-electron chi connectivity index (χ0n) is 9.81. The van der Waals surface area contributed by atoms with Gasteiger partial charge in [-0.2, -0.15) is 13.2 Å². The maximum absolute atomic E-state index is 12.4. The van der Waals surface area contributed by atoms with Gasteiger partial charge in [0.25, 0.3) is 0 Å². The number of rotatable bonds is 1. The Morgan fingerprint density at radius 3 is 2.33 bits per heavy atom. The fourth-order valence-corrected chi connectivity index (χ4v) is 2.27. The number of nitrogens with one attached hydrogen (secondary N) is 1. The molecule has 1 rings (SSSR count). The van der Waals surface area contributed by atoms with Crippen molar-refractivity contribution in [2.24, 2.45) is 0 Å². The molecule has 102 valence electrons. The van der Waals surface area contributed by atoms with Gasteiger partial charge in [-0.25, -0.2) is 4.79 Å². The smallest absolute Gasteiger partial charge is 0.418 e. The van der Waals surface area contributed by atoms with Gasteiger partial charge >= 0.3 is 12.3 Å². The maximum atomic E-state index is 12.4. The highest BCUT2D eigenvalue weighted by Crippen LogP contribution is 2.42. The number of amides is 1. The molecule has 1 N–H and O–H groups in total. The van der Waals surface area contributed by atoms with E-state index in [2.05, 4.69) is 5.32 Å². The summed E-state index contributed by atoms with van der Waals surface area (Å²) in [5.74, 6) is 0. The standard InChI is InChI=1S/C10H11ClF3NO2S/c1-9(2,3)17-8(16)15-7-6(11)5(4-18-7)10(12,13)14/h4H,1-3H3,(H,15,16). The van der Waals surface area contributed by atoms with Gasteiger partial charge < -0.3 is 4.74 Å². The number of ether oxygens (including phenoxy) is 1. The molecule has 3 nitrogen and oxygen atoms in total. The lowest BCUT2D eigenvalue weighted by molar-refractivity contribution is -0.137. The molecule has 0 spiro atoms. The number of hydrogen-bond acceptors (Lipinski definition) is 3. The van der Waals surface area contributed by atoms with E-state index in [0.717, 1.165) is 5.38 Å². The third kappa shape index (κ3) is 4.06. The van der Waals surface area contributed by atoms with Crippen molar-refractivity contribution in [3.63, 3.8) is 0 Å². The van der Waals surface area contributed by atoms with Crippen LogP contribution in [0.25, 0.3) is 0 Å². The number of carbonyl (C=O) groups is 1. The Labute approximate surface area is 111 Å². The molecule has 18 heavy (non-hydrogen) atoms. The van der Waals surface area contributed by atoms with Gasteiger partial charge in [0, 0.05) is 5.38 Å². The number of thiophene rings is 1. The highest BCUT2D eigenvalue weighted by molar-refractivity contribution is 7.15. The maximum Gasteiger partial charge on any atom is 0.418 e. The van der Waals surface area contributed by atoms with Gasteiger partial charge in [0.05, 0.1) is 10.6 Å². The molecule has 0 aliphatic rings. The van der Waals surface area contributed by atoms with E-state index in [4.69, 9.17) is 16.3 Å². The minimum atomic E-state index is -4.54. The second kappa shape index (κ2) is 4.97. The first-order valence-corrected chi connectivity index (χ1v) is 6.10. The lowest BCUT2D eigenvalue weighted by atomic mass is 10.2. The van der Waals surface area contributed by atoms with Gasteiger partial charge in [-0.15, -0.1) is 11.3 Å². The van der Waals surface area contributed by atoms with E-state index in [-0.39, 0.29) is 5.00 Å². The zero-order valence-corrected chi connectivity index (χ0v) is 11.4. The normalized spacial score (nSPS) is 12.4. The molecule has 0 unspecified atom stereocenters. The summed E-state index contributed by atoms with van der Waals surface area (Å²) in [6.07, 6.45) is -5.39. The molecule has 0 saturated heterocycles. The van der Waals surface area contributed by atoms with Crippen LogP contribution in [0.5, 0.6) is 0 Å². The lowest BCUT2D eigenvalue weighted by Gasteiger charge is -2.19. The topological polar surface area (TPSA) is 38.3 Å². The van der Waals surface area contributed by atoms with Crippen LogP contribution < -0.4 is 5.32 Å². The molecule has 1 aromatic rings. The van der Waals surface area contributed by atoms with Gasteiger partial charge in [0.1, 0.15) is 10.6 Å². The van der Waals surface area contributed by atoms with Crippen LogP contribution in [0.2, 0.25) is 5.02 Å². The Balaban J connectivity index is 2.82. The van der Waals surface area contributed by atoms with E-state index in [1.807, 2.05) is 0 Å². The largest absolute Gasteiger partial charge is 0.444 e. The number of carbonyl (C=O) groups excluding carboxylic acids is 1. The third-order valence-corrected chi connectivity index (χ3v) is 3.05. The van der Waals surface area contributed by atoms with E-state index >= 15 is 0 Å². The Morgan fingerprint density at radius 2 is 1.94 bits per heavy atom. The van der Waals surface area contributed by atoms with Crippen molar-refractivity contribution in [2.45, 2.75) is 32.5 Å². The zero-order chi connectivity index (χ0) is 14.1. The quantitative estimate of drug-likeness (QED) is 0.811. The molecule has 0 radical (unpaired) electrons. The first-order valence-electron chi connectivity index (χ1n) is 4.85. The van der Waals surface area contributed by atoms with Crippen LogP contribution in [0.3, 0.4) is 0 Å². The summed E-state index contributed by atoms with van der Waals surface area (Å²) >= 11 is 6.24. The average molecular weight is 302 g/mol. The van der Waals surface area contributed by atoms with Crippen LogP contribution in [-0.4, -0.2) is 11.7 Å². The van der Waals surface area contributed by atoms with E-state index < -0.39 is 28.5 Å². The number of alkyl halides is 3.